The molecule has 110 valence electrons. The van der Waals surface area contributed by atoms with Gasteiger partial charge in [-0.25, -0.2) is 0 Å². The third kappa shape index (κ3) is 5.23. The second-order valence-electron chi connectivity index (χ2n) is 4.92. The van der Waals surface area contributed by atoms with Crippen LogP contribution in [-0.2, 0) is 11.3 Å². The van der Waals surface area contributed by atoms with Crippen molar-refractivity contribution in [2.45, 2.75) is 19.9 Å². The van der Waals surface area contributed by atoms with Gasteiger partial charge >= 0.3 is 0 Å². The monoisotopic (exact) mass is 346 g/mol. The van der Waals surface area contributed by atoms with Crippen LogP contribution in [0.1, 0.15) is 17.5 Å². The molecule has 0 aromatic heterocycles. The summed E-state index contributed by atoms with van der Waals surface area (Å²) in [7, 11) is 0. The lowest BCUT2D eigenvalue weighted by Gasteiger charge is -2.09. The smallest absolute Gasteiger partial charge is 0.222 e. The number of amides is 1. The number of carbonyl (C=O) groups excluding carboxylic acids is 1. The van der Waals surface area contributed by atoms with Crippen molar-refractivity contribution in [1.82, 2.24) is 5.32 Å². The van der Waals surface area contributed by atoms with Crippen LogP contribution in [0.4, 0.5) is 5.69 Å². The Bertz CT molecular complexity index is 599. The van der Waals surface area contributed by atoms with Gasteiger partial charge in [0.15, 0.2) is 0 Å². The molecule has 2 rings (SSSR count). The van der Waals surface area contributed by atoms with Crippen LogP contribution in [-0.4, -0.2) is 12.5 Å². The molecule has 0 saturated heterocycles. The summed E-state index contributed by atoms with van der Waals surface area (Å²) in [6.45, 7) is 3.24. The van der Waals surface area contributed by atoms with E-state index < -0.39 is 0 Å². The Morgan fingerprint density at radius 2 is 1.90 bits per heavy atom. The maximum Gasteiger partial charge on any atom is 0.222 e. The van der Waals surface area contributed by atoms with Gasteiger partial charge in [0, 0.05) is 29.7 Å². The van der Waals surface area contributed by atoms with Crippen molar-refractivity contribution in [3.8, 4) is 0 Å². The molecule has 3 nitrogen and oxygen atoms in total. The fraction of sp³-hybridized carbons (Fsp3) is 0.235. The van der Waals surface area contributed by atoms with Crippen molar-refractivity contribution >= 4 is 27.5 Å². The van der Waals surface area contributed by atoms with Gasteiger partial charge in [-0.15, -0.1) is 0 Å². The van der Waals surface area contributed by atoms with E-state index in [-0.39, 0.29) is 5.91 Å². The number of anilines is 1. The van der Waals surface area contributed by atoms with Gasteiger partial charge in [-0.05, 0) is 46.1 Å². The molecule has 21 heavy (non-hydrogen) atoms. The summed E-state index contributed by atoms with van der Waals surface area (Å²) >= 11 is 3.51. The fourth-order valence-electron chi connectivity index (χ4n) is 1.96. The average molecular weight is 347 g/mol. The molecule has 0 aliphatic heterocycles. The third-order valence-corrected chi connectivity index (χ3v) is 3.78. The minimum atomic E-state index is 0.0505. The van der Waals surface area contributed by atoms with E-state index in [2.05, 4.69) is 32.6 Å². The molecule has 0 aliphatic carbocycles. The Morgan fingerprint density at radius 3 is 2.62 bits per heavy atom. The van der Waals surface area contributed by atoms with Crippen LogP contribution in [0.25, 0.3) is 0 Å². The minimum Gasteiger partial charge on any atom is -0.384 e. The Morgan fingerprint density at radius 1 is 1.14 bits per heavy atom. The first-order valence-electron chi connectivity index (χ1n) is 6.96. The van der Waals surface area contributed by atoms with Gasteiger partial charge in [-0.3, -0.25) is 4.79 Å². The SMILES string of the molecule is Cc1ccc(NCCC(=O)NCc2ccccc2)c(Br)c1. The molecular formula is C17H19BrN2O. The fourth-order valence-corrected chi connectivity index (χ4v) is 2.59. The second kappa shape index (κ2) is 7.84. The van der Waals surface area contributed by atoms with Gasteiger partial charge in [0.25, 0.3) is 0 Å². The van der Waals surface area contributed by atoms with Crippen LogP contribution in [0, 0.1) is 6.92 Å². The first-order valence-corrected chi connectivity index (χ1v) is 7.75. The quantitative estimate of drug-likeness (QED) is 0.833. The van der Waals surface area contributed by atoms with Gasteiger partial charge in [-0.1, -0.05) is 36.4 Å². The van der Waals surface area contributed by atoms with Crippen molar-refractivity contribution in [2.24, 2.45) is 0 Å². The molecule has 2 aromatic rings. The minimum absolute atomic E-state index is 0.0505. The molecule has 0 heterocycles. The normalized spacial score (nSPS) is 10.2. The highest BCUT2D eigenvalue weighted by Crippen LogP contribution is 2.23. The zero-order chi connectivity index (χ0) is 15.1. The molecule has 0 fully saturated rings. The van der Waals surface area contributed by atoms with Crippen LogP contribution in [0.3, 0.4) is 0 Å². The van der Waals surface area contributed by atoms with E-state index in [1.807, 2.05) is 49.4 Å². The molecule has 0 saturated carbocycles. The highest BCUT2D eigenvalue weighted by molar-refractivity contribution is 9.10. The number of rotatable bonds is 6. The summed E-state index contributed by atoms with van der Waals surface area (Å²) in [5.74, 6) is 0.0505. The third-order valence-electron chi connectivity index (χ3n) is 3.12. The molecule has 0 atom stereocenters. The van der Waals surface area contributed by atoms with Crippen molar-refractivity contribution in [3.63, 3.8) is 0 Å². The topological polar surface area (TPSA) is 41.1 Å². The Kier molecular flexibility index (Phi) is 5.81. The van der Waals surface area contributed by atoms with Crippen molar-refractivity contribution in [2.75, 3.05) is 11.9 Å². The molecule has 2 aromatic carbocycles. The lowest BCUT2D eigenvalue weighted by molar-refractivity contribution is -0.121. The van der Waals surface area contributed by atoms with Gasteiger partial charge in [-0.2, -0.15) is 0 Å². The number of hydrogen-bond donors (Lipinski definition) is 2. The summed E-state index contributed by atoms with van der Waals surface area (Å²) in [5.41, 5.74) is 3.32. The van der Waals surface area contributed by atoms with E-state index in [1.165, 1.54) is 5.56 Å². The lowest BCUT2D eigenvalue weighted by Crippen LogP contribution is -2.24. The average Bonchev–Trinajstić information content (AvgIpc) is 2.48. The van der Waals surface area contributed by atoms with Gasteiger partial charge in [0.05, 0.1) is 0 Å². The van der Waals surface area contributed by atoms with Crippen LogP contribution < -0.4 is 10.6 Å². The molecule has 0 radical (unpaired) electrons. The van der Waals surface area contributed by atoms with E-state index in [9.17, 15) is 4.79 Å². The summed E-state index contributed by atoms with van der Waals surface area (Å²) in [4.78, 5) is 11.8. The summed E-state index contributed by atoms with van der Waals surface area (Å²) in [5, 5.41) is 6.18. The Balaban J connectivity index is 1.72. The molecule has 0 unspecified atom stereocenters. The number of nitrogens with one attached hydrogen (secondary N) is 2. The predicted octanol–water partition coefficient (Wildman–Crippen LogP) is 3.88. The predicted molar refractivity (Wildman–Crippen MR) is 90.3 cm³/mol. The zero-order valence-corrected chi connectivity index (χ0v) is 13.6. The number of hydrogen-bond acceptors (Lipinski definition) is 2. The van der Waals surface area contributed by atoms with Gasteiger partial charge in [0.2, 0.25) is 5.91 Å². The van der Waals surface area contributed by atoms with E-state index in [0.717, 1.165) is 15.7 Å². The van der Waals surface area contributed by atoms with E-state index in [1.54, 1.807) is 0 Å². The van der Waals surface area contributed by atoms with Crippen molar-refractivity contribution < 1.29 is 4.79 Å². The standard InChI is InChI=1S/C17H19BrN2O/c1-13-7-8-16(15(18)11-13)19-10-9-17(21)20-12-14-5-3-2-4-6-14/h2-8,11,19H,9-10,12H2,1H3,(H,20,21). The maximum absolute atomic E-state index is 11.8. The summed E-state index contributed by atoms with van der Waals surface area (Å²) < 4.78 is 1.02. The Labute approximate surface area is 133 Å². The molecule has 4 heteroatoms. The number of carbonyl (C=O) groups is 1. The molecule has 1 amide bonds. The highest BCUT2D eigenvalue weighted by atomic mass is 79.9. The van der Waals surface area contributed by atoms with Crippen LogP contribution in [0.2, 0.25) is 0 Å². The highest BCUT2D eigenvalue weighted by Gasteiger charge is 2.03. The number of halogens is 1. The first-order chi connectivity index (χ1) is 10.1. The zero-order valence-electron chi connectivity index (χ0n) is 12.0. The molecule has 0 aliphatic rings. The summed E-state index contributed by atoms with van der Waals surface area (Å²) in [6.07, 6.45) is 0.452. The van der Waals surface area contributed by atoms with Crippen LogP contribution >= 0.6 is 15.9 Å². The maximum atomic E-state index is 11.8. The molecule has 0 spiro atoms. The van der Waals surface area contributed by atoms with Crippen molar-refractivity contribution in [3.05, 3.63) is 64.1 Å². The van der Waals surface area contributed by atoms with E-state index >= 15 is 0 Å². The van der Waals surface area contributed by atoms with Crippen molar-refractivity contribution in [1.29, 1.82) is 0 Å². The number of benzene rings is 2. The van der Waals surface area contributed by atoms with Gasteiger partial charge in [0.1, 0.15) is 0 Å². The first kappa shape index (κ1) is 15.6. The lowest BCUT2D eigenvalue weighted by atomic mass is 10.2. The second-order valence-corrected chi connectivity index (χ2v) is 5.78. The van der Waals surface area contributed by atoms with Gasteiger partial charge < -0.3 is 10.6 Å². The van der Waals surface area contributed by atoms with E-state index in [0.29, 0.717) is 19.5 Å². The molecule has 0 bridgehead atoms. The summed E-state index contributed by atoms with van der Waals surface area (Å²) in [6, 6.07) is 16.0. The number of aryl methyl sites for hydroxylation is 1. The largest absolute Gasteiger partial charge is 0.384 e. The Hall–Kier alpha value is -1.81. The molecule has 2 N–H and O–H groups in total. The van der Waals surface area contributed by atoms with Crippen LogP contribution in [0.5, 0.6) is 0 Å². The molecular weight excluding hydrogens is 328 g/mol. The van der Waals surface area contributed by atoms with Crippen LogP contribution in [0.15, 0.2) is 53.0 Å². The van der Waals surface area contributed by atoms with E-state index in [4.69, 9.17) is 0 Å².